The van der Waals surface area contributed by atoms with Crippen molar-refractivity contribution in [1.29, 1.82) is 0 Å². The highest BCUT2D eigenvalue weighted by molar-refractivity contribution is 5.67. The Balaban J connectivity index is 2.42. The van der Waals surface area contributed by atoms with Gasteiger partial charge in [-0.15, -0.1) is 0 Å². The van der Waals surface area contributed by atoms with Gasteiger partial charge in [0.25, 0.3) is 0 Å². The molecule has 0 N–H and O–H groups in total. The van der Waals surface area contributed by atoms with Gasteiger partial charge in [-0.25, -0.2) is 0 Å². The molecule has 15 heavy (non-hydrogen) atoms. The van der Waals surface area contributed by atoms with Crippen molar-refractivity contribution in [1.82, 2.24) is 0 Å². The zero-order valence-electron chi connectivity index (χ0n) is 9.88. The normalized spacial score (nSPS) is 19.9. The van der Waals surface area contributed by atoms with Gasteiger partial charge in [0, 0.05) is 18.8 Å². The van der Waals surface area contributed by atoms with E-state index >= 15 is 0 Å². The first kappa shape index (κ1) is 10.3. The number of rotatable bonds is 1. The van der Waals surface area contributed by atoms with Gasteiger partial charge in [-0.3, -0.25) is 0 Å². The Morgan fingerprint density at radius 1 is 1.47 bits per heavy atom. The van der Waals surface area contributed by atoms with Crippen LogP contribution in [0.5, 0.6) is 0 Å². The zero-order valence-corrected chi connectivity index (χ0v) is 9.88. The number of benzene rings is 1. The third-order valence-electron chi connectivity index (χ3n) is 3.44. The van der Waals surface area contributed by atoms with Gasteiger partial charge >= 0.3 is 0 Å². The SMILES string of the molecule is C=C(C)c1ccc2c(c1)CCC(C)N2C. The molecular formula is C14H19N. The summed E-state index contributed by atoms with van der Waals surface area (Å²) in [7, 11) is 2.18. The van der Waals surface area contributed by atoms with E-state index < -0.39 is 0 Å². The lowest BCUT2D eigenvalue weighted by atomic mass is 9.94. The van der Waals surface area contributed by atoms with E-state index in [0.29, 0.717) is 6.04 Å². The fourth-order valence-electron chi connectivity index (χ4n) is 2.19. The summed E-state index contributed by atoms with van der Waals surface area (Å²) in [6.07, 6.45) is 2.45. The molecule has 1 aromatic carbocycles. The lowest BCUT2D eigenvalue weighted by Crippen LogP contribution is -2.33. The van der Waals surface area contributed by atoms with Gasteiger partial charge in [0.2, 0.25) is 0 Å². The third-order valence-corrected chi connectivity index (χ3v) is 3.44. The molecule has 0 saturated heterocycles. The van der Waals surface area contributed by atoms with Crippen molar-refractivity contribution in [3.8, 4) is 0 Å². The Kier molecular flexibility index (Phi) is 2.56. The summed E-state index contributed by atoms with van der Waals surface area (Å²) in [4.78, 5) is 2.38. The predicted molar refractivity (Wildman–Crippen MR) is 67.3 cm³/mol. The molecule has 0 bridgehead atoms. The van der Waals surface area contributed by atoms with Crippen molar-refractivity contribution in [3.63, 3.8) is 0 Å². The molecule has 0 aromatic heterocycles. The highest BCUT2D eigenvalue weighted by atomic mass is 15.1. The van der Waals surface area contributed by atoms with Crippen LogP contribution in [0.4, 0.5) is 5.69 Å². The average molecular weight is 201 g/mol. The van der Waals surface area contributed by atoms with Gasteiger partial charge in [0.1, 0.15) is 0 Å². The molecule has 0 aliphatic carbocycles. The number of fused-ring (bicyclic) bond motifs is 1. The van der Waals surface area contributed by atoms with Crippen LogP contribution < -0.4 is 4.90 Å². The minimum absolute atomic E-state index is 0.660. The molecular weight excluding hydrogens is 182 g/mol. The molecule has 1 nitrogen and oxygen atoms in total. The summed E-state index contributed by atoms with van der Waals surface area (Å²) >= 11 is 0. The molecule has 1 aliphatic heterocycles. The zero-order chi connectivity index (χ0) is 11.0. The molecule has 0 radical (unpaired) electrons. The van der Waals surface area contributed by atoms with Crippen LogP contribution in [-0.2, 0) is 6.42 Å². The van der Waals surface area contributed by atoms with Gasteiger partial charge in [-0.05, 0) is 49.9 Å². The Hall–Kier alpha value is -1.24. The highest BCUT2D eigenvalue weighted by Gasteiger charge is 2.19. The number of hydrogen-bond donors (Lipinski definition) is 0. The van der Waals surface area contributed by atoms with E-state index in [1.807, 2.05) is 0 Å². The van der Waals surface area contributed by atoms with Crippen LogP contribution in [0.2, 0.25) is 0 Å². The maximum absolute atomic E-state index is 3.99. The molecule has 1 unspecified atom stereocenters. The van der Waals surface area contributed by atoms with E-state index in [0.717, 1.165) is 5.57 Å². The molecule has 0 saturated carbocycles. The molecule has 1 aromatic rings. The average Bonchev–Trinajstić information content (AvgIpc) is 2.23. The Morgan fingerprint density at radius 2 is 2.20 bits per heavy atom. The van der Waals surface area contributed by atoms with Crippen molar-refractivity contribution in [3.05, 3.63) is 35.9 Å². The van der Waals surface area contributed by atoms with E-state index in [2.05, 4.69) is 50.6 Å². The molecule has 2 rings (SSSR count). The van der Waals surface area contributed by atoms with Gasteiger partial charge in [-0.1, -0.05) is 18.2 Å². The van der Waals surface area contributed by atoms with Gasteiger partial charge < -0.3 is 4.90 Å². The lowest BCUT2D eigenvalue weighted by Gasteiger charge is -2.34. The van der Waals surface area contributed by atoms with Crippen LogP contribution in [0.25, 0.3) is 5.57 Å². The van der Waals surface area contributed by atoms with Crippen molar-refractivity contribution in [2.24, 2.45) is 0 Å². The number of allylic oxidation sites excluding steroid dienone is 1. The highest BCUT2D eigenvalue weighted by Crippen LogP contribution is 2.31. The molecule has 80 valence electrons. The molecule has 0 spiro atoms. The van der Waals surface area contributed by atoms with Crippen molar-refractivity contribution >= 4 is 11.3 Å². The maximum atomic E-state index is 3.99. The van der Waals surface area contributed by atoms with Crippen LogP contribution in [0.15, 0.2) is 24.8 Å². The summed E-state index contributed by atoms with van der Waals surface area (Å²) in [6, 6.07) is 7.36. The number of aryl methyl sites for hydroxylation is 1. The monoisotopic (exact) mass is 201 g/mol. The molecule has 1 aliphatic rings. The summed E-state index contributed by atoms with van der Waals surface area (Å²) in [5.74, 6) is 0. The number of hydrogen-bond acceptors (Lipinski definition) is 1. The van der Waals surface area contributed by atoms with E-state index in [9.17, 15) is 0 Å². The first-order valence-electron chi connectivity index (χ1n) is 5.61. The summed E-state index contributed by atoms with van der Waals surface area (Å²) in [6.45, 7) is 8.35. The van der Waals surface area contributed by atoms with Gasteiger partial charge in [-0.2, -0.15) is 0 Å². The van der Waals surface area contributed by atoms with Crippen LogP contribution in [0.3, 0.4) is 0 Å². The van der Waals surface area contributed by atoms with Crippen LogP contribution in [0, 0.1) is 0 Å². The van der Waals surface area contributed by atoms with E-state index in [1.54, 1.807) is 0 Å². The first-order chi connectivity index (χ1) is 7.09. The van der Waals surface area contributed by atoms with Gasteiger partial charge in [0.05, 0.1) is 0 Å². The molecule has 0 amide bonds. The second-order valence-corrected chi connectivity index (χ2v) is 4.62. The lowest BCUT2D eigenvalue weighted by molar-refractivity contribution is 0.598. The molecule has 1 atom stereocenters. The Bertz CT molecular complexity index is 392. The second kappa shape index (κ2) is 3.73. The maximum Gasteiger partial charge on any atom is 0.0399 e. The van der Waals surface area contributed by atoms with Crippen molar-refractivity contribution in [2.45, 2.75) is 32.7 Å². The van der Waals surface area contributed by atoms with Crippen LogP contribution in [-0.4, -0.2) is 13.1 Å². The quantitative estimate of drug-likeness (QED) is 0.672. The minimum atomic E-state index is 0.660. The van der Waals surface area contributed by atoms with E-state index in [1.165, 1.54) is 29.7 Å². The summed E-state index contributed by atoms with van der Waals surface area (Å²) in [5, 5.41) is 0. The number of nitrogens with zero attached hydrogens (tertiary/aromatic N) is 1. The summed E-state index contributed by atoms with van der Waals surface area (Å²) in [5.41, 5.74) is 5.28. The molecule has 0 fully saturated rings. The topological polar surface area (TPSA) is 3.24 Å². The van der Waals surface area contributed by atoms with E-state index in [4.69, 9.17) is 0 Å². The third kappa shape index (κ3) is 1.79. The Labute approximate surface area is 92.4 Å². The number of anilines is 1. The molecule has 1 heterocycles. The Morgan fingerprint density at radius 3 is 2.87 bits per heavy atom. The minimum Gasteiger partial charge on any atom is -0.372 e. The fourth-order valence-corrected chi connectivity index (χ4v) is 2.19. The van der Waals surface area contributed by atoms with E-state index in [-0.39, 0.29) is 0 Å². The first-order valence-corrected chi connectivity index (χ1v) is 5.61. The van der Waals surface area contributed by atoms with Crippen LogP contribution in [0.1, 0.15) is 31.4 Å². The van der Waals surface area contributed by atoms with Gasteiger partial charge in [0.15, 0.2) is 0 Å². The van der Waals surface area contributed by atoms with Crippen molar-refractivity contribution < 1.29 is 0 Å². The largest absolute Gasteiger partial charge is 0.372 e. The standard InChI is InChI=1S/C14H19N/c1-10(2)12-7-8-14-13(9-12)6-5-11(3)15(14)4/h7-9,11H,1,5-6H2,2-4H3. The summed E-state index contributed by atoms with van der Waals surface area (Å²) < 4.78 is 0. The fraction of sp³-hybridized carbons (Fsp3) is 0.429. The van der Waals surface area contributed by atoms with Crippen molar-refractivity contribution in [2.75, 3.05) is 11.9 Å². The smallest absolute Gasteiger partial charge is 0.0399 e. The van der Waals surface area contributed by atoms with Crippen LogP contribution >= 0.6 is 0 Å². The second-order valence-electron chi connectivity index (χ2n) is 4.62. The molecule has 1 heteroatoms. The predicted octanol–water partition coefficient (Wildman–Crippen LogP) is 3.49.